The number of alkyl carbamates (subject to hydrolysis) is 1. The average Bonchev–Trinajstić information content (AvgIpc) is 3.46. The first-order chi connectivity index (χ1) is 16.4. The maximum absolute atomic E-state index is 12.8. The minimum atomic E-state index is -5.14. The third-order valence-corrected chi connectivity index (χ3v) is 6.96. The SMILES string of the molecule is CC(C)NC(=O)O[C@@H]1CC[C@H](c2cc(Nc3nccn4nc(CS(=N)(=O)C(F)(F)F)cc34)n[nH]2)C1. The average molecular weight is 515 g/mol. The van der Waals surface area contributed by atoms with Crippen molar-refractivity contribution in [3.63, 3.8) is 0 Å². The maximum atomic E-state index is 12.8. The Balaban J connectivity index is 1.44. The van der Waals surface area contributed by atoms with Gasteiger partial charge in [0.25, 0.3) is 0 Å². The standard InChI is InChI=1S/C20H25F3N8O3S/c1-11(2)26-19(32)34-14-4-3-12(7-14)15-9-17(29-28-15)27-18-16-8-13(30-31(16)6-5-25-18)10-35(24,33)20(21,22)23/h5-6,8-9,11-12,14,24H,3-4,7,10H2,1-2H3,(H,26,32)(H2,25,27,28,29)/t12-,14+,35?/m0/s1. The molecule has 4 rings (SSSR count). The number of nitrogens with zero attached hydrogens (tertiary/aromatic N) is 4. The second-order valence-corrected chi connectivity index (χ2v) is 10.8. The largest absolute Gasteiger partial charge is 0.479 e. The molecule has 0 aromatic carbocycles. The summed E-state index contributed by atoms with van der Waals surface area (Å²) >= 11 is 0. The normalized spacial score (nSPS) is 20.2. The number of aromatic nitrogens is 5. The zero-order valence-electron chi connectivity index (χ0n) is 18.9. The lowest BCUT2D eigenvalue weighted by atomic mass is 10.0. The molecule has 1 fully saturated rings. The van der Waals surface area contributed by atoms with Gasteiger partial charge in [-0.3, -0.25) is 5.10 Å². The topological polar surface area (TPSA) is 150 Å². The highest BCUT2D eigenvalue weighted by atomic mass is 32.2. The van der Waals surface area contributed by atoms with Gasteiger partial charge in [-0.2, -0.15) is 23.4 Å². The number of alkyl halides is 3. The Hall–Kier alpha value is -3.36. The molecule has 0 bridgehead atoms. The number of amides is 1. The van der Waals surface area contributed by atoms with Gasteiger partial charge in [0, 0.05) is 36.1 Å². The van der Waals surface area contributed by atoms with Gasteiger partial charge in [0.05, 0.1) is 11.4 Å². The van der Waals surface area contributed by atoms with Crippen molar-refractivity contribution in [3.8, 4) is 0 Å². The zero-order valence-corrected chi connectivity index (χ0v) is 19.7. The Labute approximate surface area is 198 Å². The van der Waals surface area contributed by atoms with Crippen LogP contribution in [-0.4, -0.2) is 52.8 Å². The minimum absolute atomic E-state index is 0.00780. The first kappa shape index (κ1) is 24.8. The lowest BCUT2D eigenvalue weighted by molar-refractivity contribution is -0.0408. The number of H-pyrrole nitrogens is 1. The molecule has 0 radical (unpaired) electrons. The molecule has 3 aromatic rings. The van der Waals surface area contributed by atoms with Crippen molar-refractivity contribution >= 4 is 33.0 Å². The van der Waals surface area contributed by atoms with E-state index in [9.17, 15) is 22.2 Å². The molecule has 4 N–H and O–H groups in total. The highest BCUT2D eigenvalue weighted by molar-refractivity contribution is 7.92. The van der Waals surface area contributed by atoms with Gasteiger partial charge in [-0.25, -0.2) is 23.3 Å². The van der Waals surface area contributed by atoms with Gasteiger partial charge in [-0.15, -0.1) is 0 Å². The molecule has 1 aliphatic carbocycles. The zero-order chi connectivity index (χ0) is 25.4. The van der Waals surface area contributed by atoms with Crippen LogP contribution in [0.15, 0.2) is 24.5 Å². The van der Waals surface area contributed by atoms with E-state index < -0.39 is 27.1 Å². The molecule has 0 aliphatic heterocycles. The van der Waals surface area contributed by atoms with Gasteiger partial charge in [0.1, 0.15) is 21.3 Å². The summed E-state index contributed by atoms with van der Waals surface area (Å²) in [5.74, 6) is -0.215. The number of halogens is 3. The molecule has 190 valence electrons. The Morgan fingerprint density at radius 3 is 2.86 bits per heavy atom. The fraction of sp³-hybridized carbons (Fsp3) is 0.500. The molecule has 15 heteroatoms. The van der Waals surface area contributed by atoms with E-state index in [4.69, 9.17) is 9.52 Å². The van der Waals surface area contributed by atoms with E-state index in [0.29, 0.717) is 17.8 Å². The Morgan fingerprint density at radius 1 is 1.37 bits per heavy atom. The van der Waals surface area contributed by atoms with E-state index in [1.807, 2.05) is 13.8 Å². The summed E-state index contributed by atoms with van der Waals surface area (Å²) in [6, 6.07) is 3.10. The summed E-state index contributed by atoms with van der Waals surface area (Å²) in [7, 11) is -4.86. The van der Waals surface area contributed by atoms with E-state index in [1.54, 1.807) is 6.07 Å². The highest BCUT2D eigenvalue weighted by Crippen LogP contribution is 2.36. The first-order valence-electron chi connectivity index (χ1n) is 10.9. The van der Waals surface area contributed by atoms with E-state index in [2.05, 4.69) is 30.9 Å². The van der Waals surface area contributed by atoms with Crippen molar-refractivity contribution in [3.05, 3.63) is 35.9 Å². The van der Waals surface area contributed by atoms with Crippen LogP contribution in [0.3, 0.4) is 0 Å². The predicted octanol–water partition coefficient (Wildman–Crippen LogP) is 4.03. The van der Waals surface area contributed by atoms with E-state index >= 15 is 0 Å². The monoisotopic (exact) mass is 514 g/mol. The summed E-state index contributed by atoms with van der Waals surface area (Å²) in [5.41, 5.74) is -4.09. The minimum Gasteiger partial charge on any atom is -0.446 e. The number of nitrogens with one attached hydrogen (secondary N) is 4. The van der Waals surface area contributed by atoms with Gasteiger partial charge in [0.2, 0.25) is 0 Å². The summed E-state index contributed by atoms with van der Waals surface area (Å²) < 4.78 is 64.2. The van der Waals surface area contributed by atoms with Gasteiger partial charge in [-0.1, -0.05) is 0 Å². The van der Waals surface area contributed by atoms with Crippen molar-refractivity contribution < 1.29 is 26.9 Å². The number of hydrogen-bond acceptors (Lipinski definition) is 8. The summed E-state index contributed by atoms with van der Waals surface area (Å²) in [6.45, 7) is 3.71. The van der Waals surface area contributed by atoms with Crippen molar-refractivity contribution in [1.82, 2.24) is 30.1 Å². The molecule has 3 atom stereocenters. The van der Waals surface area contributed by atoms with Crippen LogP contribution < -0.4 is 10.6 Å². The molecule has 1 aliphatic rings. The van der Waals surface area contributed by atoms with Crippen molar-refractivity contribution in [2.75, 3.05) is 5.32 Å². The summed E-state index contributed by atoms with van der Waals surface area (Å²) in [6.07, 6.45) is 4.41. The number of carbonyl (C=O) groups is 1. The smallest absolute Gasteiger partial charge is 0.446 e. The highest BCUT2D eigenvalue weighted by Gasteiger charge is 2.42. The molecule has 3 heterocycles. The molecule has 0 spiro atoms. The van der Waals surface area contributed by atoms with Crippen LogP contribution in [0.5, 0.6) is 0 Å². The molecule has 1 amide bonds. The van der Waals surface area contributed by atoms with Crippen LogP contribution in [0.2, 0.25) is 0 Å². The Kier molecular flexibility index (Phi) is 6.62. The molecular formula is C20H25F3N8O3S. The fourth-order valence-electron chi connectivity index (χ4n) is 3.91. The van der Waals surface area contributed by atoms with Crippen LogP contribution in [0.1, 0.15) is 50.4 Å². The molecule has 0 saturated heterocycles. The van der Waals surface area contributed by atoms with Crippen LogP contribution in [-0.2, 0) is 20.2 Å². The van der Waals surface area contributed by atoms with Gasteiger partial charge in [0.15, 0.2) is 11.6 Å². The number of carbonyl (C=O) groups excluding carboxylic acids is 1. The number of hydrogen-bond donors (Lipinski definition) is 4. The molecule has 1 unspecified atom stereocenters. The summed E-state index contributed by atoms with van der Waals surface area (Å²) in [4.78, 5) is 16.0. The quantitative estimate of drug-likeness (QED) is 0.372. The van der Waals surface area contributed by atoms with E-state index in [0.717, 1.165) is 18.5 Å². The molecule has 3 aromatic heterocycles. The van der Waals surface area contributed by atoms with Gasteiger partial charge in [-0.05, 0) is 39.2 Å². The third kappa shape index (κ3) is 5.66. The number of fused-ring (bicyclic) bond motifs is 1. The number of rotatable bonds is 7. The van der Waals surface area contributed by atoms with Crippen LogP contribution >= 0.6 is 0 Å². The molecule has 1 saturated carbocycles. The number of aromatic amines is 1. The van der Waals surface area contributed by atoms with Crippen molar-refractivity contribution in [2.24, 2.45) is 0 Å². The van der Waals surface area contributed by atoms with Gasteiger partial charge < -0.3 is 15.4 Å². The molecule has 35 heavy (non-hydrogen) atoms. The Morgan fingerprint density at radius 2 is 2.14 bits per heavy atom. The van der Waals surface area contributed by atoms with Gasteiger partial charge >= 0.3 is 11.6 Å². The lowest BCUT2D eigenvalue weighted by Crippen LogP contribution is -2.33. The Bertz CT molecular complexity index is 1320. The second-order valence-electron chi connectivity index (χ2n) is 8.68. The molecule has 11 nitrogen and oxygen atoms in total. The van der Waals surface area contributed by atoms with E-state index in [-0.39, 0.29) is 29.6 Å². The second kappa shape index (κ2) is 9.36. The lowest BCUT2D eigenvalue weighted by Gasteiger charge is -2.14. The number of anilines is 2. The van der Waals surface area contributed by atoms with Crippen molar-refractivity contribution in [1.29, 1.82) is 4.78 Å². The number of ether oxygens (including phenoxy) is 1. The predicted molar refractivity (Wildman–Crippen MR) is 121 cm³/mol. The first-order valence-corrected chi connectivity index (χ1v) is 12.6. The van der Waals surface area contributed by atoms with Crippen molar-refractivity contribution in [2.45, 2.75) is 62.4 Å². The molecular weight excluding hydrogens is 489 g/mol. The van der Waals surface area contributed by atoms with Crippen LogP contribution in [0.25, 0.3) is 5.52 Å². The van der Waals surface area contributed by atoms with Crippen LogP contribution in [0, 0.1) is 4.78 Å². The fourth-order valence-corrected chi connectivity index (χ4v) is 4.63. The van der Waals surface area contributed by atoms with E-state index in [1.165, 1.54) is 23.0 Å². The van der Waals surface area contributed by atoms with Crippen LogP contribution in [0.4, 0.5) is 29.6 Å². The maximum Gasteiger partial charge on any atom is 0.479 e. The summed E-state index contributed by atoms with van der Waals surface area (Å²) in [5, 5.41) is 16.9. The third-order valence-electron chi connectivity index (χ3n) is 5.51.